The maximum atomic E-state index is 13.9. The molecule has 17 heteroatoms. The van der Waals surface area contributed by atoms with Gasteiger partial charge < -0.3 is 30.7 Å². The zero-order chi connectivity index (χ0) is 37.4. The molecule has 3 aromatic carbocycles. The fourth-order valence-electron chi connectivity index (χ4n) is 5.39. The van der Waals surface area contributed by atoms with Crippen LogP contribution in [0.2, 0.25) is 5.02 Å². The number of aliphatic hydroxyl groups excluding tert-OH is 1. The van der Waals surface area contributed by atoms with Gasteiger partial charge in [-0.3, -0.25) is 24.1 Å². The number of ether oxygens (including phenoxy) is 1. The maximum Gasteiger partial charge on any atom is 0.340 e. The van der Waals surface area contributed by atoms with E-state index in [1.807, 2.05) is 4.90 Å². The van der Waals surface area contributed by atoms with Gasteiger partial charge in [-0.05, 0) is 79.2 Å². The molecular formula is C35H38ClN9O7. The molecule has 5 rings (SSSR count). The third-order valence-corrected chi connectivity index (χ3v) is 8.07. The van der Waals surface area contributed by atoms with Crippen molar-refractivity contribution in [2.24, 2.45) is 0 Å². The van der Waals surface area contributed by atoms with Crippen LogP contribution in [0.1, 0.15) is 36.7 Å². The van der Waals surface area contributed by atoms with Crippen LogP contribution in [0.5, 0.6) is 0 Å². The summed E-state index contributed by atoms with van der Waals surface area (Å²) in [5.74, 6) is -3.72. The number of esters is 1. The van der Waals surface area contributed by atoms with Crippen molar-refractivity contribution >= 4 is 58.3 Å². The van der Waals surface area contributed by atoms with Crippen LogP contribution in [-0.4, -0.2) is 104 Å². The lowest BCUT2D eigenvalue weighted by molar-refractivity contribution is -0.137. The SMILES string of the molecule is CC(C)(C)OC(=O)c1ccccc1NC(=O)C(Cc1ccc(N2CCN(CCO)CC2=O)cc1)NC(=O)C(=O)Nc1cc(Cl)ccc1-n1cnnn1. The standard InChI is InChI=1S/C35H38ClN9O7/c1-35(2,3)52-34(51)25-6-4-5-7-26(25)38-31(48)28(18-22-8-11-24(12-9-22)44-15-14-43(16-17-46)20-30(44)47)40-33(50)32(49)39-27-19-23(36)10-13-29(27)45-21-37-41-42-45/h4-13,19,21,28,46H,14-18,20H2,1-3H3,(H,38,48)(H,39,49)(H,40,50). The van der Waals surface area contributed by atoms with Crippen LogP contribution in [0.25, 0.3) is 5.69 Å². The third-order valence-electron chi connectivity index (χ3n) is 7.84. The largest absolute Gasteiger partial charge is 0.456 e. The first-order valence-electron chi connectivity index (χ1n) is 16.3. The van der Waals surface area contributed by atoms with E-state index in [9.17, 15) is 29.1 Å². The summed E-state index contributed by atoms with van der Waals surface area (Å²) >= 11 is 6.16. The first-order valence-corrected chi connectivity index (χ1v) is 16.7. The molecule has 4 amide bonds. The van der Waals surface area contributed by atoms with Gasteiger partial charge in [0.05, 0.1) is 35.8 Å². The lowest BCUT2D eigenvalue weighted by atomic mass is 10.0. The van der Waals surface area contributed by atoms with E-state index in [-0.39, 0.29) is 47.4 Å². The molecule has 0 bridgehead atoms. The summed E-state index contributed by atoms with van der Waals surface area (Å²) in [5.41, 5.74) is 1.16. The van der Waals surface area contributed by atoms with Crippen molar-refractivity contribution in [3.8, 4) is 5.69 Å². The van der Waals surface area contributed by atoms with Gasteiger partial charge in [0.2, 0.25) is 11.8 Å². The van der Waals surface area contributed by atoms with Crippen LogP contribution in [0.15, 0.2) is 73.1 Å². The predicted octanol–water partition coefficient (Wildman–Crippen LogP) is 2.22. The molecule has 4 N–H and O–H groups in total. The van der Waals surface area contributed by atoms with E-state index in [0.717, 1.165) is 0 Å². The average Bonchev–Trinajstić information content (AvgIpc) is 3.63. The van der Waals surface area contributed by atoms with Gasteiger partial charge in [0.1, 0.15) is 18.0 Å². The van der Waals surface area contributed by atoms with Gasteiger partial charge in [-0.25, -0.2) is 4.79 Å². The molecule has 1 unspecified atom stereocenters. The number of para-hydroxylation sites is 1. The second-order valence-corrected chi connectivity index (χ2v) is 13.3. The topological polar surface area (TPSA) is 201 Å². The number of benzene rings is 3. The van der Waals surface area contributed by atoms with Crippen molar-refractivity contribution in [1.29, 1.82) is 0 Å². The third kappa shape index (κ3) is 9.74. The number of β-amino-alcohol motifs (C(OH)–C–C–N with tert-alkyl or cyclic N) is 1. The van der Waals surface area contributed by atoms with Crippen molar-refractivity contribution in [2.75, 3.05) is 48.3 Å². The molecule has 52 heavy (non-hydrogen) atoms. The number of rotatable bonds is 11. The van der Waals surface area contributed by atoms with E-state index in [2.05, 4.69) is 31.5 Å². The minimum absolute atomic E-state index is 0.0378. The second kappa shape index (κ2) is 16.5. The van der Waals surface area contributed by atoms with Gasteiger partial charge in [0.25, 0.3) is 0 Å². The monoisotopic (exact) mass is 731 g/mol. The molecule has 1 atom stereocenters. The molecular weight excluding hydrogens is 694 g/mol. The van der Waals surface area contributed by atoms with Crippen LogP contribution in [-0.2, 0) is 30.3 Å². The Balaban J connectivity index is 1.36. The minimum atomic E-state index is -1.31. The quantitative estimate of drug-likeness (QED) is 0.130. The summed E-state index contributed by atoms with van der Waals surface area (Å²) in [5, 5.41) is 28.2. The maximum absolute atomic E-state index is 13.9. The van der Waals surface area contributed by atoms with E-state index < -0.39 is 35.3 Å². The number of carbonyl (C=O) groups excluding carboxylic acids is 5. The van der Waals surface area contributed by atoms with Crippen molar-refractivity contribution in [2.45, 2.75) is 38.8 Å². The van der Waals surface area contributed by atoms with E-state index in [0.29, 0.717) is 36.6 Å². The zero-order valence-electron chi connectivity index (χ0n) is 28.7. The molecule has 1 aliphatic rings. The number of hydrogen-bond donors (Lipinski definition) is 4. The number of piperazine rings is 1. The summed E-state index contributed by atoms with van der Waals surface area (Å²) in [7, 11) is 0. The summed E-state index contributed by atoms with van der Waals surface area (Å²) in [6.07, 6.45) is 1.23. The lowest BCUT2D eigenvalue weighted by Crippen LogP contribution is -2.51. The Morgan fingerprint density at radius 3 is 2.38 bits per heavy atom. The number of aliphatic hydroxyl groups is 1. The molecule has 1 saturated heterocycles. The molecule has 2 heterocycles. The first kappa shape index (κ1) is 37.5. The number of nitrogens with one attached hydrogen (secondary N) is 3. The Morgan fingerprint density at radius 1 is 0.962 bits per heavy atom. The number of carbonyl (C=O) groups is 5. The Kier molecular flexibility index (Phi) is 11.9. The Morgan fingerprint density at radius 2 is 1.71 bits per heavy atom. The number of tetrazole rings is 1. The van der Waals surface area contributed by atoms with Crippen LogP contribution < -0.4 is 20.9 Å². The molecule has 1 fully saturated rings. The van der Waals surface area contributed by atoms with Crippen LogP contribution in [0.4, 0.5) is 17.1 Å². The molecule has 0 spiro atoms. The Hall–Kier alpha value is -5.71. The van der Waals surface area contributed by atoms with Gasteiger partial charge in [-0.15, -0.1) is 5.10 Å². The second-order valence-electron chi connectivity index (χ2n) is 12.8. The fourth-order valence-corrected chi connectivity index (χ4v) is 5.56. The zero-order valence-corrected chi connectivity index (χ0v) is 29.5. The van der Waals surface area contributed by atoms with Gasteiger partial charge in [-0.2, -0.15) is 4.68 Å². The molecule has 1 aliphatic heterocycles. The first-order chi connectivity index (χ1) is 24.8. The summed E-state index contributed by atoms with van der Waals surface area (Å²) in [6.45, 7) is 6.74. The number of halogens is 1. The van der Waals surface area contributed by atoms with Crippen LogP contribution in [0.3, 0.4) is 0 Å². The number of amides is 4. The highest BCUT2D eigenvalue weighted by atomic mass is 35.5. The van der Waals surface area contributed by atoms with Crippen molar-refractivity contribution in [1.82, 2.24) is 30.4 Å². The average molecular weight is 732 g/mol. The van der Waals surface area contributed by atoms with Gasteiger partial charge in [-0.1, -0.05) is 35.9 Å². The van der Waals surface area contributed by atoms with Crippen molar-refractivity contribution < 1.29 is 33.8 Å². The van der Waals surface area contributed by atoms with E-state index >= 15 is 0 Å². The number of aromatic nitrogens is 4. The molecule has 16 nitrogen and oxygen atoms in total. The van der Waals surface area contributed by atoms with E-state index in [1.165, 1.54) is 29.2 Å². The molecule has 0 aliphatic carbocycles. The fraction of sp³-hybridized carbons (Fsp3) is 0.314. The molecule has 4 aromatic rings. The van der Waals surface area contributed by atoms with Crippen LogP contribution in [0, 0.1) is 0 Å². The predicted molar refractivity (Wildman–Crippen MR) is 191 cm³/mol. The number of nitrogens with zero attached hydrogens (tertiary/aromatic N) is 6. The Bertz CT molecular complexity index is 1930. The number of hydrogen-bond acceptors (Lipinski definition) is 11. The molecule has 1 aromatic heterocycles. The smallest absolute Gasteiger partial charge is 0.340 e. The highest BCUT2D eigenvalue weighted by Crippen LogP contribution is 2.25. The highest BCUT2D eigenvalue weighted by molar-refractivity contribution is 6.40. The normalized spacial score (nSPS) is 14.0. The van der Waals surface area contributed by atoms with Gasteiger partial charge in [0, 0.05) is 36.8 Å². The lowest BCUT2D eigenvalue weighted by Gasteiger charge is -2.34. The summed E-state index contributed by atoms with van der Waals surface area (Å²) in [6, 6.07) is 16.4. The summed E-state index contributed by atoms with van der Waals surface area (Å²) < 4.78 is 6.78. The minimum Gasteiger partial charge on any atom is -0.456 e. The van der Waals surface area contributed by atoms with Crippen molar-refractivity contribution in [3.63, 3.8) is 0 Å². The molecule has 0 saturated carbocycles. The van der Waals surface area contributed by atoms with Crippen LogP contribution >= 0.6 is 11.6 Å². The highest BCUT2D eigenvalue weighted by Gasteiger charge is 2.29. The van der Waals surface area contributed by atoms with E-state index in [4.69, 9.17) is 16.3 Å². The van der Waals surface area contributed by atoms with Crippen molar-refractivity contribution in [3.05, 3.63) is 89.2 Å². The molecule has 0 radical (unpaired) electrons. The molecule has 272 valence electrons. The van der Waals surface area contributed by atoms with Gasteiger partial charge >= 0.3 is 17.8 Å². The number of anilines is 3. The Labute approximate surface area is 304 Å². The van der Waals surface area contributed by atoms with Gasteiger partial charge in [0.15, 0.2) is 0 Å². The summed E-state index contributed by atoms with van der Waals surface area (Å²) in [4.78, 5) is 69.7. The van der Waals surface area contributed by atoms with E-state index in [1.54, 1.807) is 74.2 Å².